The van der Waals surface area contributed by atoms with Gasteiger partial charge in [0.2, 0.25) is 10.0 Å². The van der Waals surface area contributed by atoms with E-state index in [2.05, 4.69) is 4.90 Å². The van der Waals surface area contributed by atoms with Gasteiger partial charge in [-0.2, -0.15) is 4.31 Å². The topological polar surface area (TPSA) is 49.9 Å². The highest BCUT2D eigenvalue weighted by atomic mass is 35.5. The molecule has 1 unspecified atom stereocenters. The molecule has 0 saturated carbocycles. The van der Waals surface area contributed by atoms with Crippen LogP contribution in [0.25, 0.3) is 0 Å². The number of piperazine rings is 1. The molecule has 9 heteroatoms. The summed E-state index contributed by atoms with van der Waals surface area (Å²) in [6, 6.07) is 19.0. The van der Waals surface area contributed by atoms with Gasteiger partial charge in [0, 0.05) is 35.7 Å². The molecule has 4 rings (SSSR count). The number of ether oxygens (including phenoxy) is 1. The second-order valence-electron chi connectivity index (χ2n) is 7.40. The molecule has 1 fully saturated rings. The highest BCUT2D eigenvalue weighted by Gasteiger charge is 2.36. The molecule has 32 heavy (non-hydrogen) atoms. The molecule has 1 atom stereocenters. The predicted molar refractivity (Wildman–Crippen MR) is 130 cm³/mol. The molecule has 3 aromatic rings. The first-order valence-corrected chi connectivity index (χ1v) is 12.5. The van der Waals surface area contributed by atoms with Crippen LogP contribution in [0.4, 0.5) is 5.69 Å². The van der Waals surface area contributed by atoms with Crippen molar-refractivity contribution < 1.29 is 13.2 Å². The zero-order valence-corrected chi connectivity index (χ0v) is 20.3. The van der Waals surface area contributed by atoms with Gasteiger partial charge in [0.15, 0.2) is 0 Å². The molecule has 0 bridgehead atoms. The standard InChI is InChI=1S/C23H21Cl3N2O3S/c1-31-19-3-2-4-20(14-19)32(29,30)27-11-12-28(22-10-9-18(25)13-21(22)26)23(15-27)16-5-7-17(24)8-6-16/h2-10,13-14,23H,11-12,15H2,1H3. The lowest BCUT2D eigenvalue weighted by Crippen LogP contribution is -2.50. The van der Waals surface area contributed by atoms with E-state index >= 15 is 0 Å². The Morgan fingerprint density at radius 2 is 1.62 bits per heavy atom. The molecule has 3 aromatic carbocycles. The molecule has 0 aliphatic carbocycles. The van der Waals surface area contributed by atoms with Gasteiger partial charge < -0.3 is 9.64 Å². The molecular weight excluding hydrogens is 491 g/mol. The average molecular weight is 512 g/mol. The first-order chi connectivity index (χ1) is 15.3. The lowest BCUT2D eigenvalue weighted by molar-refractivity contribution is 0.335. The average Bonchev–Trinajstić information content (AvgIpc) is 2.79. The van der Waals surface area contributed by atoms with Crippen molar-refractivity contribution in [2.24, 2.45) is 0 Å². The molecule has 0 spiro atoms. The van der Waals surface area contributed by atoms with E-state index in [-0.39, 0.29) is 17.5 Å². The molecule has 1 aliphatic heterocycles. The van der Waals surface area contributed by atoms with E-state index in [1.165, 1.54) is 17.5 Å². The van der Waals surface area contributed by atoms with E-state index in [9.17, 15) is 8.42 Å². The summed E-state index contributed by atoms with van der Waals surface area (Å²) >= 11 is 18.7. The summed E-state index contributed by atoms with van der Waals surface area (Å²) in [5.74, 6) is 0.493. The van der Waals surface area contributed by atoms with E-state index in [0.29, 0.717) is 33.9 Å². The van der Waals surface area contributed by atoms with Crippen molar-refractivity contribution in [3.63, 3.8) is 0 Å². The van der Waals surface area contributed by atoms with Crippen molar-refractivity contribution in [2.45, 2.75) is 10.9 Å². The van der Waals surface area contributed by atoms with Gasteiger partial charge in [0.25, 0.3) is 0 Å². The van der Waals surface area contributed by atoms with Gasteiger partial charge in [0.1, 0.15) is 5.75 Å². The molecule has 5 nitrogen and oxygen atoms in total. The lowest BCUT2D eigenvalue weighted by Gasteiger charge is -2.42. The number of benzene rings is 3. The number of hydrogen-bond donors (Lipinski definition) is 0. The number of nitrogens with zero attached hydrogens (tertiary/aromatic N) is 2. The lowest BCUT2D eigenvalue weighted by atomic mass is 10.0. The molecule has 1 aliphatic rings. The van der Waals surface area contributed by atoms with Crippen LogP contribution in [0.5, 0.6) is 5.75 Å². The second-order valence-corrected chi connectivity index (χ2v) is 10.6. The maximum absolute atomic E-state index is 13.4. The Bertz CT molecular complexity index is 1220. The summed E-state index contributed by atoms with van der Waals surface area (Å²) in [5, 5.41) is 1.67. The first-order valence-electron chi connectivity index (χ1n) is 9.91. The SMILES string of the molecule is COc1cccc(S(=O)(=O)N2CCN(c3ccc(Cl)cc3Cl)C(c3ccc(Cl)cc3)C2)c1. The van der Waals surface area contributed by atoms with Crippen molar-refractivity contribution in [2.75, 3.05) is 31.6 Å². The molecule has 1 saturated heterocycles. The summed E-state index contributed by atoms with van der Waals surface area (Å²) < 4.78 is 33.6. The number of halogens is 3. The van der Waals surface area contributed by atoms with Gasteiger partial charge >= 0.3 is 0 Å². The van der Waals surface area contributed by atoms with Crippen molar-refractivity contribution in [3.8, 4) is 5.75 Å². The number of hydrogen-bond acceptors (Lipinski definition) is 4. The number of methoxy groups -OCH3 is 1. The minimum atomic E-state index is -3.72. The van der Waals surface area contributed by atoms with Crippen molar-refractivity contribution in [3.05, 3.63) is 87.4 Å². The molecule has 0 amide bonds. The maximum Gasteiger partial charge on any atom is 0.243 e. The largest absolute Gasteiger partial charge is 0.497 e. The second kappa shape index (κ2) is 9.49. The van der Waals surface area contributed by atoms with Crippen LogP contribution in [0.2, 0.25) is 15.1 Å². The third-order valence-corrected chi connectivity index (χ3v) is 8.15. The number of anilines is 1. The van der Waals surface area contributed by atoms with Crippen LogP contribution >= 0.6 is 34.8 Å². The summed E-state index contributed by atoms with van der Waals surface area (Å²) in [4.78, 5) is 2.31. The molecule has 1 heterocycles. The molecule has 0 radical (unpaired) electrons. The zero-order valence-electron chi connectivity index (χ0n) is 17.2. The Kier molecular flexibility index (Phi) is 6.89. The molecule has 168 valence electrons. The fourth-order valence-electron chi connectivity index (χ4n) is 3.86. The van der Waals surface area contributed by atoms with Crippen LogP contribution in [0, 0.1) is 0 Å². The summed E-state index contributed by atoms with van der Waals surface area (Å²) in [5.41, 5.74) is 1.74. The maximum atomic E-state index is 13.4. The predicted octanol–water partition coefficient (Wildman–Crippen LogP) is 5.91. The van der Waals surface area contributed by atoms with Gasteiger partial charge in [-0.1, -0.05) is 53.0 Å². The Labute approximate surface area is 203 Å². The van der Waals surface area contributed by atoms with Crippen molar-refractivity contribution >= 4 is 50.5 Å². The smallest absolute Gasteiger partial charge is 0.243 e. The molecule has 0 aromatic heterocycles. The normalized spacial score (nSPS) is 17.4. The minimum Gasteiger partial charge on any atom is -0.497 e. The fraction of sp³-hybridized carbons (Fsp3) is 0.217. The summed E-state index contributed by atoms with van der Waals surface area (Å²) in [6.07, 6.45) is 0. The third-order valence-electron chi connectivity index (χ3n) is 5.50. The highest BCUT2D eigenvalue weighted by Crippen LogP contribution is 2.38. The fourth-order valence-corrected chi connectivity index (χ4v) is 5.98. The monoisotopic (exact) mass is 510 g/mol. The van der Waals surface area contributed by atoms with Crippen LogP contribution in [0.15, 0.2) is 71.6 Å². The Morgan fingerprint density at radius 1 is 0.906 bits per heavy atom. The number of rotatable bonds is 5. The van der Waals surface area contributed by atoms with E-state index in [0.717, 1.165) is 11.3 Å². The zero-order chi connectivity index (χ0) is 22.9. The van der Waals surface area contributed by atoms with Crippen LogP contribution in [-0.2, 0) is 10.0 Å². The van der Waals surface area contributed by atoms with Crippen LogP contribution in [0.3, 0.4) is 0 Å². The molecule has 0 N–H and O–H groups in total. The van der Waals surface area contributed by atoms with Crippen LogP contribution in [0.1, 0.15) is 11.6 Å². The Balaban J connectivity index is 1.72. The number of sulfonamides is 1. The van der Waals surface area contributed by atoms with E-state index in [1.807, 2.05) is 18.2 Å². The van der Waals surface area contributed by atoms with Gasteiger partial charge in [-0.05, 0) is 48.0 Å². The highest BCUT2D eigenvalue weighted by molar-refractivity contribution is 7.89. The van der Waals surface area contributed by atoms with E-state index in [4.69, 9.17) is 39.5 Å². The van der Waals surface area contributed by atoms with Gasteiger partial charge in [-0.25, -0.2) is 8.42 Å². The summed E-state index contributed by atoms with van der Waals surface area (Å²) in [6.45, 7) is 1.01. The van der Waals surface area contributed by atoms with Crippen molar-refractivity contribution in [1.29, 1.82) is 0 Å². The Hall–Kier alpha value is -1.96. The van der Waals surface area contributed by atoms with Crippen LogP contribution in [-0.4, -0.2) is 39.5 Å². The quantitative estimate of drug-likeness (QED) is 0.427. The van der Waals surface area contributed by atoms with Gasteiger partial charge in [0.05, 0.1) is 28.8 Å². The minimum absolute atomic E-state index is 0.199. The van der Waals surface area contributed by atoms with E-state index < -0.39 is 10.0 Å². The Morgan fingerprint density at radius 3 is 2.31 bits per heavy atom. The third kappa shape index (κ3) is 4.70. The molecular formula is C23H21Cl3N2O3S. The summed E-state index contributed by atoms with van der Waals surface area (Å²) in [7, 11) is -2.21. The van der Waals surface area contributed by atoms with Crippen molar-refractivity contribution in [1.82, 2.24) is 4.31 Å². The van der Waals surface area contributed by atoms with Crippen LogP contribution < -0.4 is 9.64 Å². The van der Waals surface area contributed by atoms with E-state index in [1.54, 1.807) is 42.5 Å². The van der Waals surface area contributed by atoms with Gasteiger partial charge in [-0.15, -0.1) is 0 Å². The van der Waals surface area contributed by atoms with Gasteiger partial charge in [-0.3, -0.25) is 0 Å². The first kappa shape index (κ1) is 23.2.